The molecule has 2 aromatic carbocycles. The molecule has 5 rings (SSSR count). The fraction of sp³-hybridized carbons (Fsp3) is 0.417. The molecule has 1 saturated carbocycles. The molecular weight excluding hydrogens is 830 g/mol. The van der Waals surface area contributed by atoms with E-state index in [2.05, 4.69) is 27.9 Å². The molecule has 1 atom stereocenters. The van der Waals surface area contributed by atoms with Crippen molar-refractivity contribution in [2.45, 2.75) is 63.0 Å². The third-order valence-corrected chi connectivity index (χ3v) is 10.2. The maximum atomic E-state index is 15.5. The maximum absolute atomic E-state index is 15.5. The molecule has 326 valence electrons. The lowest BCUT2D eigenvalue weighted by atomic mass is 9.88. The molecule has 1 aliphatic carbocycles. The zero-order valence-electron chi connectivity index (χ0n) is 31.2. The van der Waals surface area contributed by atoms with Crippen LogP contribution in [0.2, 0.25) is 0 Å². The van der Waals surface area contributed by atoms with E-state index in [-0.39, 0.29) is 53.6 Å². The minimum Gasteiger partial charge on any atom is -0.509 e. The number of aromatic nitrogens is 2. The normalized spacial score (nSPS) is 15.8. The second-order valence-electron chi connectivity index (χ2n) is 13.1. The average molecular weight is 872 g/mol. The van der Waals surface area contributed by atoms with Gasteiger partial charge >= 0.3 is 18.3 Å². The quantitative estimate of drug-likeness (QED) is 0.0745. The number of halogens is 8. The van der Waals surface area contributed by atoms with E-state index >= 15 is 8.78 Å². The highest BCUT2D eigenvalue weighted by atomic mass is 32.1. The molecule has 3 aromatic rings. The van der Waals surface area contributed by atoms with Crippen molar-refractivity contribution >= 4 is 36.1 Å². The highest BCUT2D eigenvalue weighted by Crippen LogP contribution is 2.45. The second kappa shape index (κ2) is 19.8. The van der Waals surface area contributed by atoms with Crippen molar-refractivity contribution in [3.05, 3.63) is 82.5 Å². The van der Waals surface area contributed by atoms with Crippen LogP contribution in [0.4, 0.5) is 40.8 Å². The number of hydrazine groups is 1. The molecular formula is C36H41F8N5O9S. The number of ether oxygens (including phenoxy) is 2. The summed E-state index contributed by atoms with van der Waals surface area (Å²) in [6, 6.07) is 4.43. The molecule has 0 saturated heterocycles. The van der Waals surface area contributed by atoms with Crippen molar-refractivity contribution in [2.24, 2.45) is 5.92 Å². The van der Waals surface area contributed by atoms with Crippen LogP contribution in [0, 0.1) is 17.6 Å². The van der Waals surface area contributed by atoms with E-state index in [0.717, 1.165) is 23.2 Å². The third kappa shape index (κ3) is 10.4. The van der Waals surface area contributed by atoms with Gasteiger partial charge in [0.05, 0.1) is 48.7 Å². The number of anilines is 1. The van der Waals surface area contributed by atoms with Gasteiger partial charge in [-0.15, -0.1) is 0 Å². The number of aliphatic hydroxyl groups is 1. The van der Waals surface area contributed by atoms with Crippen LogP contribution in [0.15, 0.2) is 54.1 Å². The number of nitrogens with one attached hydrogen (secondary N) is 1. The summed E-state index contributed by atoms with van der Waals surface area (Å²) in [5.41, 5.74) is -7.14. The van der Waals surface area contributed by atoms with Gasteiger partial charge in [0, 0.05) is 23.9 Å². The number of aliphatic hydroxyl groups excluding tert-OH is 1. The lowest BCUT2D eigenvalue weighted by molar-refractivity contribution is -0.163. The summed E-state index contributed by atoms with van der Waals surface area (Å²) in [6.45, 7) is -0.740. The SMILES string of the molecule is COC(=O)[C@H](CS)CCCOc1ccc(CN2C(=O)C(C(=O)Nc3ccc(C(F)(F)F)cc3-c3cc(C(F)(F)F)ncn3)=C(O)C3(CCCC3)N2C)c(F)c1F.O.O.O. The number of esters is 1. The summed E-state index contributed by atoms with van der Waals surface area (Å²) in [5, 5.41) is 16.0. The van der Waals surface area contributed by atoms with E-state index in [9.17, 15) is 45.8 Å². The molecule has 14 nitrogen and oxygen atoms in total. The number of carbonyl (C=O) groups is 3. The molecule has 1 aliphatic heterocycles. The van der Waals surface area contributed by atoms with Crippen LogP contribution in [0.25, 0.3) is 11.3 Å². The largest absolute Gasteiger partial charge is 0.509 e. The molecule has 1 spiro atoms. The third-order valence-electron chi connectivity index (χ3n) is 9.75. The highest BCUT2D eigenvalue weighted by Gasteiger charge is 2.53. The van der Waals surface area contributed by atoms with Gasteiger partial charge in [-0.05, 0) is 56.0 Å². The molecule has 0 unspecified atom stereocenters. The first kappa shape index (κ1) is 50.0. The average Bonchev–Trinajstić information content (AvgIpc) is 3.66. The lowest BCUT2D eigenvalue weighted by Crippen LogP contribution is -2.62. The van der Waals surface area contributed by atoms with Crippen molar-refractivity contribution in [3.8, 4) is 17.0 Å². The molecule has 0 radical (unpaired) electrons. The van der Waals surface area contributed by atoms with Crippen molar-refractivity contribution in [1.82, 2.24) is 20.0 Å². The number of benzene rings is 2. The van der Waals surface area contributed by atoms with Crippen molar-refractivity contribution < 1.29 is 80.5 Å². The number of amides is 2. The predicted octanol–water partition coefficient (Wildman–Crippen LogP) is 4.82. The van der Waals surface area contributed by atoms with Crippen LogP contribution in [-0.2, 0) is 38.0 Å². The first-order valence-electron chi connectivity index (χ1n) is 17.0. The highest BCUT2D eigenvalue weighted by molar-refractivity contribution is 7.80. The number of likely N-dealkylation sites (N-methyl/N-ethyl adjacent to an activating group) is 1. The number of carbonyl (C=O) groups excluding carboxylic acids is 3. The second-order valence-corrected chi connectivity index (χ2v) is 13.5. The summed E-state index contributed by atoms with van der Waals surface area (Å²) in [5.74, 6) is -7.23. The van der Waals surface area contributed by atoms with E-state index in [4.69, 9.17) is 9.47 Å². The number of methoxy groups -OCH3 is 1. The van der Waals surface area contributed by atoms with Gasteiger partial charge in [0.15, 0.2) is 11.6 Å². The van der Waals surface area contributed by atoms with Gasteiger partial charge in [0.2, 0.25) is 5.82 Å². The van der Waals surface area contributed by atoms with Crippen molar-refractivity contribution in [2.75, 3.05) is 31.8 Å². The molecule has 1 aromatic heterocycles. The Hall–Kier alpha value is -5.10. The Bertz CT molecular complexity index is 2030. The number of thiol groups is 1. The monoisotopic (exact) mass is 871 g/mol. The van der Waals surface area contributed by atoms with Gasteiger partial charge in [-0.3, -0.25) is 19.4 Å². The van der Waals surface area contributed by atoms with Crippen LogP contribution in [-0.4, -0.2) is 91.4 Å². The Balaban J connectivity index is 0.00000400. The van der Waals surface area contributed by atoms with E-state index in [0.29, 0.717) is 43.8 Å². The minimum absolute atomic E-state index is 0. The Morgan fingerprint density at radius 3 is 2.24 bits per heavy atom. The molecule has 0 bridgehead atoms. The first-order valence-corrected chi connectivity index (χ1v) is 17.7. The van der Waals surface area contributed by atoms with Crippen LogP contribution in [0.3, 0.4) is 0 Å². The minimum atomic E-state index is -5.00. The Kier molecular flexibility index (Phi) is 16.8. The maximum Gasteiger partial charge on any atom is 0.433 e. The molecule has 23 heteroatoms. The van der Waals surface area contributed by atoms with Gasteiger partial charge in [-0.25, -0.2) is 19.4 Å². The first-order chi connectivity index (χ1) is 26.3. The smallest absolute Gasteiger partial charge is 0.433 e. The Morgan fingerprint density at radius 2 is 1.64 bits per heavy atom. The van der Waals surface area contributed by atoms with E-state index in [1.54, 1.807) is 0 Å². The summed E-state index contributed by atoms with van der Waals surface area (Å²) < 4.78 is 122. The molecule has 8 N–H and O–H groups in total. The zero-order valence-corrected chi connectivity index (χ0v) is 32.1. The van der Waals surface area contributed by atoms with Crippen LogP contribution < -0.4 is 10.1 Å². The molecule has 1 fully saturated rings. The summed E-state index contributed by atoms with van der Waals surface area (Å²) >= 11 is 4.11. The summed E-state index contributed by atoms with van der Waals surface area (Å²) in [7, 11) is 2.64. The number of hydrogen-bond acceptors (Lipinski definition) is 10. The summed E-state index contributed by atoms with van der Waals surface area (Å²) in [6.07, 6.45) is -7.45. The van der Waals surface area contributed by atoms with Gasteiger partial charge in [-0.2, -0.15) is 43.4 Å². The Morgan fingerprint density at radius 1 is 0.983 bits per heavy atom. The molecule has 2 heterocycles. The number of hydrogen-bond donors (Lipinski definition) is 3. The number of alkyl halides is 6. The summed E-state index contributed by atoms with van der Waals surface area (Å²) in [4.78, 5) is 46.5. The fourth-order valence-electron chi connectivity index (χ4n) is 6.70. The zero-order chi connectivity index (χ0) is 41.2. The van der Waals surface area contributed by atoms with E-state index in [1.807, 2.05) is 0 Å². The van der Waals surface area contributed by atoms with Gasteiger partial charge in [0.25, 0.3) is 11.8 Å². The van der Waals surface area contributed by atoms with E-state index < -0.39 is 105 Å². The van der Waals surface area contributed by atoms with Crippen LogP contribution in [0.1, 0.15) is 55.3 Å². The van der Waals surface area contributed by atoms with Gasteiger partial charge in [-0.1, -0.05) is 18.9 Å². The Labute approximate surface area is 336 Å². The lowest BCUT2D eigenvalue weighted by Gasteiger charge is -2.48. The predicted molar refractivity (Wildman–Crippen MR) is 197 cm³/mol. The van der Waals surface area contributed by atoms with Crippen molar-refractivity contribution in [3.63, 3.8) is 0 Å². The molecule has 2 aliphatic rings. The topological polar surface area (TPSA) is 229 Å². The fourth-order valence-corrected chi connectivity index (χ4v) is 7.03. The number of rotatable bonds is 12. The van der Waals surface area contributed by atoms with E-state index in [1.165, 1.54) is 19.2 Å². The van der Waals surface area contributed by atoms with Crippen molar-refractivity contribution in [1.29, 1.82) is 0 Å². The van der Waals surface area contributed by atoms with Crippen LogP contribution >= 0.6 is 12.6 Å². The standard InChI is InChI=1S/C36H35F8N5O6S.3H2O/c1-48-34(11-3-4-12-34)30(50)27(31(51)47-23-9-8-21(35(39,40)41)14-22(23)24-15-26(36(42,43)44)46-18-45-24)32(52)49(48)16-19-7-10-25(29(38)28(19)37)55-13-5-6-20(17-56)33(53)54-2;;;/h7-10,14-15,18,20,50,56H,3-6,11-13,16-17H2,1-2H3,(H,47,51);3*1H2/t20-;;;/m0.../s1. The number of nitrogens with zero attached hydrogens (tertiary/aromatic N) is 4. The van der Waals surface area contributed by atoms with Gasteiger partial charge < -0.3 is 36.3 Å². The van der Waals surface area contributed by atoms with Gasteiger partial charge in [0.1, 0.15) is 23.4 Å². The molecule has 2 amide bonds. The van der Waals surface area contributed by atoms with Crippen LogP contribution in [0.5, 0.6) is 5.75 Å². The molecule has 59 heavy (non-hydrogen) atoms.